The molecule has 2 heteroatoms. The van der Waals surface area contributed by atoms with Gasteiger partial charge in [-0.2, -0.15) is 0 Å². The highest BCUT2D eigenvalue weighted by Crippen LogP contribution is 2.26. The first-order valence-electron chi connectivity index (χ1n) is 6.32. The first-order chi connectivity index (χ1) is 6.91. The molecule has 0 amide bonds. The Balaban J connectivity index is 4.77. The zero-order chi connectivity index (χ0) is 12.1. The van der Waals surface area contributed by atoms with Crippen molar-refractivity contribution in [3.8, 4) is 0 Å². The smallest absolute Gasteiger partial charge is 0.0302 e. The molecule has 0 bridgehead atoms. The van der Waals surface area contributed by atoms with Crippen molar-refractivity contribution in [3.63, 3.8) is 0 Å². The molecule has 0 aromatic rings. The minimum absolute atomic E-state index is 0.215. The Kier molecular flexibility index (Phi) is 6.46. The number of nitrogens with zero attached hydrogens (tertiary/aromatic N) is 1. The van der Waals surface area contributed by atoms with Crippen LogP contribution in [0.15, 0.2) is 0 Å². The first-order valence-corrected chi connectivity index (χ1v) is 6.32. The Morgan fingerprint density at radius 2 is 1.53 bits per heavy atom. The van der Waals surface area contributed by atoms with Crippen LogP contribution in [0.25, 0.3) is 0 Å². The fraction of sp³-hybridized carbons (Fsp3) is 1.00. The molecule has 0 saturated heterocycles. The van der Waals surface area contributed by atoms with Crippen LogP contribution >= 0.6 is 0 Å². The Labute approximate surface area is 96.4 Å². The molecule has 15 heavy (non-hydrogen) atoms. The third kappa shape index (κ3) is 3.76. The molecule has 1 unspecified atom stereocenters. The average Bonchev–Trinajstić information content (AvgIpc) is 2.18. The summed E-state index contributed by atoms with van der Waals surface area (Å²) in [6.07, 6.45) is 2.51. The lowest BCUT2D eigenvalue weighted by Gasteiger charge is -2.44. The van der Waals surface area contributed by atoms with Gasteiger partial charge in [0.25, 0.3) is 0 Å². The molecule has 1 atom stereocenters. The van der Waals surface area contributed by atoms with E-state index in [4.69, 9.17) is 0 Å². The topological polar surface area (TPSA) is 15.3 Å². The summed E-state index contributed by atoms with van der Waals surface area (Å²) >= 11 is 0. The summed E-state index contributed by atoms with van der Waals surface area (Å²) in [6.45, 7) is 12.5. The van der Waals surface area contributed by atoms with Crippen LogP contribution in [0.3, 0.4) is 0 Å². The second-order valence-electron chi connectivity index (χ2n) is 5.16. The quantitative estimate of drug-likeness (QED) is 0.701. The summed E-state index contributed by atoms with van der Waals surface area (Å²) in [4.78, 5) is 2.33. The van der Waals surface area contributed by atoms with E-state index in [1.807, 2.05) is 0 Å². The molecular weight excluding hydrogens is 184 g/mol. The van der Waals surface area contributed by atoms with Crippen LogP contribution in [-0.4, -0.2) is 37.1 Å². The highest BCUT2D eigenvalue weighted by Gasteiger charge is 2.34. The molecular formula is C13H30N2. The zero-order valence-corrected chi connectivity index (χ0v) is 11.7. The molecule has 0 radical (unpaired) electrons. The molecule has 2 nitrogen and oxygen atoms in total. The Hall–Kier alpha value is -0.0800. The van der Waals surface area contributed by atoms with Crippen LogP contribution in [0.2, 0.25) is 0 Å². The van der Waals surface area contributed by atoms with Gasteiger partial charge in [-0.1, -0.05) is 33.6 Å². The SMILES string of the molecule is CCNC(C(CC)CC)C(C)(C)N(C)C. The maximum atomic E-state index is 3.66. The minimum Gasteiger partial charge on any atom is -0.312 e. The normalized spacial score (nSPS) is 15.0. The molecule has 0 spiro atoms. The van der Waals surface area contributed by atoms with Crippen LogP contribution < -0.4 is 5.32 Å². The highest BCUT2D eigenvalue weighted by atomic mass is 15.2. The van der Waals surface area contributed by atoms with Gasteiger partial charge in [0.2, 0.25) is 0 Å². The second-order valence-corrected chi connectivity index (χ2v) is 5.16. The third-order valence-corrected chi connectivity index (χ3v) is 3.86. The van der Waals surface area contributed by atoms with Gasteiger partial charge in [0, 0.05) is 11.6 Å². The number of rotatable bonds is 7. The number of hydrogen-bond acceptors (Lipinski definition) is 2. The van der Waals surface area contributed by atoms with Crippen molar-refractivity contribution in [2.24, 2.45) is 5.92 Å². The summed E-state index contributed by atoms with van der Waals surface area (Å²) in [5, 5.41) is 3.66. The number of likely N-dealkylation sites (N-methyl/N-ethyl adjacent to an activating group) is 2. The van der Waals surface area contributed by atoms with Gasteiger partial charge in [0.1, 0.15) is 0 Å². The summed E-state index contributed by atoms with van der Waals surface area (Å²) in [6, 6.07) is 0.576. The van der Waals surface area contributed by atoms with Gasteiger partial charge < -0.3 is 10.2 Å². The van der Waals surface area contributed by atoms with Gasteiger partial charge in [-0.25, -0.2) is 0 Å². The molecule has 0 rings (SSSR count). The lowest BCUT2D eigenvalue weighted by atomic mass is 9.80. The number of nitrogens with one attached hydrogen (secondary N) is 1. The van der Waals surface area contributed by atoms with Crippen molar-refractivity contribution in [1.29, 1.82) is 0 Å². The molecule has 0 heterocycles. The molecule has 0 aliphatic rings. The van der Waals surface area contributed by atoms with Crippen molar-refractivity contribution >= 4 is 0 Å². The molecule has 92 valence electrons. The summed E-state index contributed by atoms with van der Waals surface area (Å²) in [7, 11) is 4.35. The van der Waals surface area contributed by atoms with E-state index < -0.39 is 0 Å². The predicted octanol–water partition coefficient (Wildman–Crippen LogP) is 2.74. The van der Waals surface area contributed by atoms with Crippen molar-refractivity contribution in [3.05, 3.63) is 0 Å². The fourth-order valence-electron chi connectivity index (χ4n) is 2.25. The van der Waals surface area contributed by atoms with Crippen molar-refractivity contribution in [2.75, 3.05) is 20.6 Å². The van der Waals surface area contributed by atoms with E-state index in [9.17, 15) is 0 Å². The van der Waals surface area contributed by atoms with E-state index in [0.29, 0.717) is 6.04 Å². The predicted molar refractivity (Wildman–Crippen MR) is 69.3 cm³/mol. The van der Waals surface area contributed by atoms with Crippen molar-refractivity contribution in [1.82, 2.24) is 10.2 Å². The lowest BCUT2D eigenvalue weighted by molar-refractivity contribution is 0.0992. The Bertz CT molecular complexity index is 160. The van der Waals surface area contributed by atoms with Crippen LogP contribution in [0.4, 0.5) is 0 Å². The average molecular weight is 214 g/mol. The van der Waals surface area contributed by atoms with Crippen LogP contribution in [-0.2, 0) is 0 Å². The molecule has 1 N–H and O–H groups in total. The van der Waals surface area contributed by atoms with Gasteiger partial charge in [0.15, 0.2) is 0 Å². The van der Waals surface area contributed by atoms with Crippen molar-refractivity contribution < 1.29 is 0 Å². The lowest BCUT2D eigenvalue weighted by Crippen LogP contribution is -2.58. The highest BCUT2D eigenvalue weighted by molar-refractivity contribution is 4.94. The van der Waals surface area contributed by atoms with E-state index in [1.165, 1.54) is 12.8 Å². The van der Waals surface area contributed by atoms with Gasteiger partial charge in [-0.05, 0) is 40.4 Å². The minimum atomic E-state index is 0.215. The fourth-order valence-corrected chi connectivity index (χ4v) is 2.25. The third-order valence-electron chi connectivity index (χ3n) is 3.86. The van der Waals surface area contributed by atoms with Crippen LogP contribution in [0.1, 0.15) is 47.5 Å². The molecule has 0 aliphatic carbocycles. The van der Waals surface area contributed by atoms with E-state index >= 15 is 0 Å². The monoisotopic (exact) mass is 214 g/mol. The summed E-state index contributed by atoms with van der Waals surface area (Å²) in [5.41, 5.74) is 0.215. The maximum absolute atomic E-state index is 3.66. The summed E-state index contributed by atoms with van der Waals surface area (Å²) < 4.78 is 0. The zero-order valence-electron chi connectivity index (χ0n) is 11.7. The van der Waals surface area contributed by atoms with E-state index in [-0.39, 0.29) is 5.54 Å². The Morgan fingerprint density at radius 1 is 1.07 bits per heavy atom. The second kappa shape index (κ2) is 6.49. The molecule has 0 aromatic carbocycles. The van der Waals surface area contributed by atoms with Gasteiger partial charge >= 0.3 is 0 Å². The van der Waals surface area contributed by atoms with Gasteiger partial charge in [0.05, 0.1) is 0 Å². The van der Waals surface area contributed by atoms with E-state index in [0.717, 1.165) is 12.5 Å². The van der Waals surface area contributed by atoms with Gasteiger partial charge in [-0.15, -0.1) is 0 Å². The first kappa shape index (κ1) is 14.9. The molecule has 0 aromatic heterocycles. The maximum Gasteiger partial charge on any atom is 0.0302 e. The summed E-state index contributed by atoms with van der Waals surface area (Å²) in [5.74, 6) is 0.766. The molecule has 0 aliphatic heterocycles. The van der Waals surface area contributed by atoms with Crippen LogP contribution in [0, 0.1) is 5.92 Å². The van der Waals surface area contributed by atoms with Gasteiger partial charge in [-0.3, -0.25) is 0 Å². The van der Waals surface area contributed by atoms with Crippen LogP contribution in [0.5, 0.6) is 0 Å². The number of hydrogen-bond donors (Lipinski definition) is 1. The van der Waals surface area contributed by atoms with E-state index in [1.54, 1.807) is 0 Å². The largest absolute Gasteiger partial charge is 0.312 e. The Morgan fingerprint density at radius 3 is 1.80 bits per heavy atom. The van der Waals surface area contributed by atoms with E-state index in [2.05, 4.69) is 58.9 Å². The standard InChI is InChI=1S/C13H30N2/c1-8-11(9-2)12(14-10-3)13(4,5)15(6)7/h11-12,14H,8-10H2,1-7H3. The molecule has 0 saturated carbocycles. The molecule has 0 fully saturated rings. The van der Waals surface area contributed by atoms with Crippen molar-refractivity contribution in [2.45, 2.75) is 59.0 Å².